The molecule has 21 heavy (non-hydrogen) atoms. The van der Waals surface area contributed by atoms with Crippen LogP contribution in [0, 0.1) is 0 Å². The maximum Gasteiger partial charge on any atom is 0.287 e. The first kappa shape index (κ1) is 14.1. The molecule has 1 spiro atoms. The lowest BCUT2D eigenvalue weighted by molar-refractivity contribution is -0.187. The summed E-state index contributed by atoms with van der Waals surface area (Å²) >= 11 is 0. The molecule has 114 valence electrons. The number of carbonyl (C=O) groups is 2. The Kier molecular flexibility index (Phi) is 3.94. The van der Waals surface area contributed by atoms with Crippen molar-refractivity contribution in [2.75, 3.05) is 32.8 Å². The lowest BCUT2D eigenvalue weighted by Gasteiger charge is -2.37. The van der Waals surface area contributed by atoms with Gasteiger partial charge in [0.15, 0.2) is 11.5 Å². The van der Waals surface area contributed by atoms with Crippen molar-refractivity contribution < 1.29 is 23.5 Å². The summed E-state index contributed by atoms with van der Waals surface area (Å²) < 4.78 is 16.2. The highest BCUT2D eigenvalue weighted by Crippen LogP contribution is 2.31. The van der Waals surface area contributed by atoms with Crippen LogP contribution in [0.15, 0.2) is 22.8 Å². The van der Waals surface area contributed by atoms with Crippen molar-refractivity contribution >= 4 is 11.8 Å². The molecule has 1 N–H and O–H groups in total. The number of amides is 2. The minimum atomic E-state index is -0.492. The highest BCUT2D eigenvalue weighted by molar-refractivity contribution is 5.94. The van der Waals surface area contributed by atoms with Gasteiger partial charge < -0.3 is 24.1 Å². The topological polar surface area (TPSA) is 81.0 Å². The second kappa shape index (κ2) is 5.87. The van der Waals surface area contributed by atoms with E-state index in [0.29, 0.717) is 39.1 Å². The monoisotopic (exact) mass is 294 g/mol. The molecular weight excluding hydrogens is 276 g/mol. The molecule has 0 saturated carbocycles. The summed E-state index contributed by atoms with van der Waals surface area (Å²) in [5, 5.41) is 2.56. The first-order valence-electron chi connectivity index (χ1n) is 7.06. The molecule has 3 rings (SSSR count). The summed E-state index contributed by atoms with van der Waals surface area (Å²) in [5.41, 5.74) is 0. The fourth-order valence-corrected chi connectivity index (χ4v) is 2.65. The molecule has 2 aliphatic rings. The number of nitrogens with zero attached hydrogens (tertiary/aromatic N) is 1. The minimum Gasteiger partial charge on any atom is -0.459 e. The first-order chi connectivity index (χ1) is 10.2. The highest BCUT2D eigenvalue weighted by atomic mass is 16.7. The lowest BCUT2D eigenvalue weighted by atomic mass is 10.0. The number of hydrogen-bond acceptors (Lipinski definition) is 5. The van der Waals surface area contributed by atoms with E-state index in [4.69, 9.17) is 13.9 Å². The molecule has 0 aliphatic carbocycles. The molecule has 1 aromatic heterocycles. The minimum absolute atomic E-state index is 0.0335. The van der Waals surface area contributed by atoms with Gasteiger partial charge in [-0.3, -0.25) is 9.59 Å². The van der Waals surface area contributed by atoms with Crippen molar-refractivity contribution in [3.63, 3.8) is 0 Å². The van der Waals surface area contributed by atoms with Crippen LogP contribution in [0.25, 0.3) is 0 Å². The number of furan rings is 1. The van der Waals surface area contributed by atoms with E-state index in [2.05, 4.69) is 5.32 Å². The van der Waals surface area contributed by atoms with Crippen LogP contribution >= 0.6 is 0 Å². The van der Waals surface area contributed by atoms with Gasteiger partial charge in [-0.05, 0) is 12.1 Å². The van der Waals surface area contributed by atoms with E-state index in [0.717, 1.165) is 0 Å². The molecular formula is C14H18N2O5. The van der Waals surface area contributed by atoms with E-state index in [9.17, 15) is 9.59 Å². The number of hydrogen-bond donors (Lipinski definition) is 1. The SMILES string of the molecule is O=C(NCC(=O)N1CCC2(CC1)OCCO2)c1ccco1. The molecule has 2 amide bonds. The van der Waals surface area contributed by atoms with Gasteiger partial charge in [-0.2, -0.15) is 0 Å². The molecule has 0 aromatic carbocycles. The van der Waals surface area contributed by atoms with Crippen LogP contribution in [0.2, 0.25) is 0 Å². The van der Waals surface area contributed by atoms with Crippen molar-refractivity contribution in [2.24, 2.45) is 0 Å². The summed E-state index contributed by atoms with van der Waals surface area (Å²) in [6.45, 7) is 2.36. The van der Waals surface area contributed by atoms with Crippen molar-refractivity contribution in [1.29, 1.82) is 0 Å². The molecule has 2 saturated heterocycles. The Bertz CT molecular complexity index is 497. The number of likely N-dealkylation sites (tertiary alicyclic amines) is 1. The maximum atomic E-state index is 12.1. The third kappa shape index (κ3) is 3.08. The molecule has 1 aromatic rings. The van der Waals surface area contributed by atoms with Crippen LogP contribution in [0.3, 0.4) is 0 Å². The van der Waals surface area contributed by atoms with Gasteiger partial charge in [0, 0.05) is 25.9 Å². The summed E-state index contributed by atoms with van der Waals surface area (Å²) in [6, 6.07) is 3.18. The lowest BCUT2D eigenvalue weighted by Crippen LogP contribution is -2.49. The second-order valence-electron chi connectivity index (χ2n) is 5.15. The van der Waals surface area contributed by atoms with Gasteiger partial charge in [-0.25, -0.2) is 0 Å². The zero-order valence-corrected chi connectivity index (χ0v) is 11.7. The molecule has 0 unspecified atom stereocenters. The average Bonchev–Trinajstić information content (AvgIpc) is 3.17. The predicted molar refractivity (Wildman–Crippen MR) is 71.5 cm³/mol. The van der Waals surface area contributed by atoms with E-state index in [-0.39, 0.29) is 24.1 Å². The van der Waals surface area contributed by atoms with Gasteiger partial charge in [-0.15, -0.1) is 0 Å². The summed E-state index contributed by atoms with van der Waals surface area (Å²) in [5.74, 6) is -0.783. The fraction of sp³-hybridized carbons (Fsp3) is 0.571. The molecule has 3 heterocycles. The largest absolute Gasteiger partial charge is 0.459 e. The van der Waals surface area contributed by atoms with Crippen molar-refractivity contribution in [1.82, 2.24) is 10.2 Å². The Morgan fingerprint density at radius 1 is 1.24 bits per heavy atom. The molecule has 7 heteroatoms. The number of nitrogens with one attached hydrogen (secondary N) is 1. The number of rotatable bonds is 3. The molecule has 7 nitrogen and oxygen atoms in total. The molecule has 2 fully saturated rings. The zero-order valence-electron chi connectivity index (χ0n) is 11.7. The Morgan fingerprint density at radius 3 is 2.57 bits per heavy atom. The van der Waals surface area contributed by atoms with Gasteiger partial charge in [0.25, 0.3) is 5.91 Å². The van der Waals surface area contributed by atoms with Crippen molar-refractivity contribution in [2.45, 2.75) is 18.6 Å². The molecule has 0 atom stereocenters. The number of ether oxygens (including phenoxy) is 2. The Balaban J connectivity index is 1.45. The zero-order chi connectivity index (χ0) is 14.7. The molecule has 0 radical (unpaired) electrons. The van der Waals surface area contributed by atoms with E-state index in [1.54, 1.807) is 17.0 Å². The van der Waals surface area contributed by atoms with Crippen LogP contribution in [-0.2, 0) is 14.3 Å². The quantitative estimate of drug-likeness (QED) is 0.871. The van der Waals surface area contributed by atoms with E-state index in [1.165, 1.54) is 6.26 Å². The van der Waals surface area contributed by atoms with Gasteiger partial charge in [-0.1, -0.05) is 0 Å². The smallest absolute Gasteiger partial charge is 0.287 e. The number of carbonyl (C=O) groups excluding carboxylic acids is 2. The van der Waals surface area contributed by atoms with Crippen LogP contribution in [0.5, 0.6) is 0 Å². The third-order valence-corrected chi connectivity index (χ3v) is 3.84. The van der Waals surface area contributed by atoms with Crippen LogP contribution < -0.4 is 5.32 Å². The normalized spacial score (nSPS) is 20.7. The Hall–Kier alpha value is -1.86. The van der Waals surface area contributed by atoms with E-state index in [1.807, 2.05) is 0 Å². The van der Waals surface area contributed by atoms with Crippen LogP contribution in [-0.4, -0.2) is 55.3 Å². The highest BCUT2D eigenvalue weighted by Gasteiger charge is 2.40. The Labute approximate surface area is 122 Å². The summed E-state index contributed by atoms with van der Waals surface area (Å²) in [6.07, 6.45) is 2.76. The van der Waals surface area contributed by atoms with Crippen molar-refractivity contribution in [3.05, 3.63) is 24.2 Å². The summed E-state index contributed by atoms with van der Waals surface area (Å²) in [4.78, 5) is 25.5. The molecule has 0 bridgehead atoms. The van der Waals surface area contributed by atoms with Gasteiger partial charge in [0.05, 0.1) is 26.0 Å². The predicted octanol–water partition coefficient (Wildman–Crippen LogP) is 0.375. The van der Waals surface area contributed by atoms with E-state index < -0.39 is 5.79 Å². The Morgan fingerprint density at radius 2 is 1.95 bits per heavy atom. The maximum absolute atomic E-state index is 12.1. The first-order valence-corrected chi connectivity index (χ1v) is 7.06. The number of piperidine rings is 1. The van der Waals surface area contributed by atoms with Crippen molar-refractivity contribution in [3.8, 4) is 0 Å². The van der Waals surface area contributed by atoms with Crippen LogP contribution in [0.1, 0.15) is 23.4 Å². The van der Waals surface area contributed by atoms with Gasteiger partial charge in [0.2, 0.25) is 5.91 Å². The third-order valence-electron chi connectivity index (χ3n) is 3.84. The van der Waals surface area contributed by atoms with Gasteiger partial charge in [0.1, 0.15) is 0 Å². The summed E-state index contributed by atoms with van der Waals surface area (Å²) in [7, 11) is 0. The van der Waals surface area contributed by atoms with Crippen LogP contribution in [0.4, 0.5) is 0 Å². The van der Waals surface area contributed by atoms with Gasteiger partial charge >= 0.3 is 0 Å². The average molecular weight is 294 g/mol. The fourth-order valence-electron chi connectivity index (χ4n) is 2.65. The standard InChI is InChI=1S/C14H18N2O5/c17-12(10-15-13(18)11-2-1-7-19-11)16-5-3-14(4-6-16)20-8-9-21-14/h1-2,7H,3-6,8-10H2,(H,15,18). The second-order valence-corrected chi connectivity index (χ2v) is 5.15. The van der Waals surface area contributed by atoms with E-state index >= 15 is 0 Å². The molecule has 2 aliphatic heterocycles.